The summed E-state index contributed by atoms with van der Waals surface area (Å²) in [6, 6.07) is 0. The summed E-state index contributed by atoms with van der Waals surface area (Å²) < 4.78 is 20.9. The number of hydrogen-bond donors (Lipinski definition) is 8. The number of ether oxygens (including phenoxy) is 1. The van der Waals surface area contributed by atoms with Crippen LogP contribution in [0.15, 0.2) is 0 Å². The van der Waals surface area contributed by atoms with E-state index < -0.39 is 76.3 Å². The van der Waals surface area contributed by atoms with Gasteiger partial charge in [-0.1, -0.05) is 0 Å². The Morgan fingerprint density at radius 2 is 1.67 bits per heavy atom. The number of phenols is 5. The van der Waals surface area contributed by atoms with Crippen molar-refractivity contribution >= 4 is 23.8 Å². The second-order valence-corrected chi connectivity index (χ2v) is 10.3. The van der Waals surface area contributed by atoms with E-state index in [0.29, 0.717) is 26.3 Å². The normalized spacial score (nSPS) is 19.6. The van der Waals surface area contributed by atoms with E-state index in [1.54, 1.807) is 0 Å². The number of carbonyl (C=O) groups excluding carboxylic acids is 3. The number of carbonyl (C=O) groups is 3. The molecular formula is C27H33FN4O10. The van der Waals surface area contributed by atoms with Crippen LogP contribution in [0.3, 0.4) is 0 Å². The standard InChI is InChI=1S/C27H33FN4O10/c1-13-15(11-32-5-7-42-8-6-32)22(36)21(35)14(19(13)28)9-29-20-16(17(12-33)23(37)25(39)24(20)38)10-31(2)27(41)4-3-18(34)30-26(27)40/h12,29,35-39,41H,3-11H2,1-2H3,(H,30,34,40). The van der Waals surface area contributed by atoms with Gasteiger partial charge in [0.25, 0.3) is 5.91 Å². The van der Waals surface area contributed by atoms with E-state index in [0.717, 1.165) is 4.90 Å². The number of nitrogens with one attached hydrogen (secondary N) is 2. The van der Waals surface area contributed by atoms with Crippen LogP contribution in [0, 0.1) is 12.7 Å². The predicted molar refractivity (Wildman–Crippen MR) is 144 cm³/mol. The van der Waals surface area contributed by atoms with E-state index >= 15 is 4.39 Å². The summed E-state index contributed by atoms with van der Waals surface area (Å²) in [6.45, 7) is 2.58. The minimum Gasteiger partial charge on any atom is -0.504 e. The molecule has 2 amide bonds. The smallest absolute Gasteiger partial charge is 0.274 e. The monoisotopic (exact) mass is 592 g/mol. The summed E-state index contributed by atoms with van der Waals surface area (Å²) >= 11 is 0. The second-order valence-electron chi connectivity index (χ2n) is 10.3. The van der Waals surface area contributed by atoms with Gasteiger partial charge in [0.1, 0.15) is 5.82 Å². The van der Waals surface area contributed by atoms with Crippen LogP contribution in [0.4, 0.5) is 10.1 Å². The van der Waals surface area contributed by atoms with Crippen molar-refractivity contribution in [1.29, 1.82) is 0 Å². The first-order valence-corrected chi connectivity index (χ1v) is 13.1. The van der Waals surface area contributed by atoms with Crippen molar-refractivity contribution in [2.45, 2.75) is 45.1 Å². The second kappa shape index (κ2) is 12.0. The van der Waals surface area contributed by atoms with Crippen LogP contribution < -0.4 is 10.6 Å². The summed E-state index contributed by atoms with van der Waals surface area (Å²) in [5, 5.41) is 68.4. The number of phenolic OH excluding ortho intramolecular Hbond substituents is 5. The molecule has 0 aromatic heterocycles. The van der Waals surface area contributed by atoms with Crippen LogP contribution in [0.1, 0.15) is 45.5 Å². The number of hydrogen-bond acceptors (Lipinski definition) is 13. The Bertz CT molecular complexity index is 1400. The van der Waals surface area contributed by atoms with Crippen molar-refractivity contribution < 1.29 is 54.2 Å². The number of morpholine rings is 1. The summed E-state index contributed by atoms with van der Waals surface area (Å²) in [4.78, 5) is 39.0. The fraction of sp³-hybridized carbons (Fsp3) is 0.444. The van der Waals surface area contributed by atoms with Gasteiger partial charge in [-0.15, -0.1) is 0 Å². The lowest BCUT2D eigenvalue weighted by Crippen LogP contribution is -2.61. The number of halogens is 1. The van der Waals surface area contributed by atoms with E-state index in [-0.39, 0.29) is 48.1 Å². The molecule has 0 radical (unpaired) electrons. The lowest BCUT2D eigenvalue weighted by atomic mass is 9.97. The van der Waals surface area contributed by atoms with Crippen molar-refractivity contribution in [3.8, 4) is 28.7 Å². The van der Waals surface area contributed by atoms with Crippen molar-refractivity contribution in [1.82, 2.24) is 15.1 Å². The van der Waals surface area contributed by atoms with Crippen molar-refractivity contribution in [2.75, 3.05) is 38.7 Å². The zero-order valence-electron chi connectivity index (χ0n) is 23.0. The Hall–Kier alpha value is -4.18. The fourth-order valence-corrected chi connectivity index (χ4v) is 5.12. The first kappa shape index (κ1) is 30.8. The van der Waals surface area contributed by atoms with Gasteiger partial charge in [0, 0.05) is 56.7 Å². The molecule has 2 fully saturated rings. The molecule has 15 heteroatoms. The number of aldehydes is 1. The van der Waals surface area contributed by atoms with Gasteiger partial charge in [-0.3, -0.25) is 29.5 Å². The van der Waals surface area contributed by atoms with Gasteiger partial charge in [-0.2, -0.15) is 0 Å². The molecule has 2 aliphatic rings. The fourth-order valence-electron chi connectivity index (χ4n) is 5.12. The molecule has 14 nitrogen and oxygen atoms in total. The Labute approximate surface area is 239 Å². The Morgan fingerprint density at radius 3 is 2.29 bits per heavy atom. The molecule has 2 aromatic carbocycles. The maximum absolute atomic E-state index is 15.6. The van der Waals surface area contributed by atoms with Crippen molar-refractivity contribution in [3.05, 3.63) is 33.6 Å². The highest BCUT2D eigenvalue weighted by Gasteiger charge is 2.45. The van der Waals surface area contributed by atoms with E-state index in [9.17, 15) is 45.0 Å². The number of piperidine rings is 1. The molecule has 0 saturated carbocycles. The highest BCUT2D eigenvalue weighted by atomic mass is 19.1. The van der Waals surface area contributed by atoms with Crippen LogP contribution in [0.2, 0.25) is 0 Å². The van der Waals surface area contributed by atoms with Crippen molar-refractivity contribution in [2.24, 2.45) is 0 Å². The highest BCUT2D eigenvalue weighted by molar-refractivity contribution is 6.01. The quantitative estimate of drug-likeness (QED) is 0.0655. The molecule has 42 heavy (non-hydrogen) atoms. The predicted octanol–water partition coefficient (Wildman–Crippen LogP) is 0.476. The van der Waals surface area contributed by atoms with Crippen LogP contribution in [-0.4, -0.2) is 97.6 Å². The molecule has 2 heterocycles. The molecule has 2 aliphatic heterocycles. The highest BCUT2D eigenvalue weighted by Crippen LogP contribution is 2.47. The Balaban J connectivity index is 1.69. The Morgan fingerprint density at radius 1 is 1.02 bits per heavy atom. The number of aromatic hydroxyl groups is 5. The molecule has 2 saturated heterocycles. The minimum atomic E-state index is -2.21. The molecular weight excluding hydrogens is 559 g/mol. The third kappa shape index (κ3) is 5.51. The van der Waals surface area contributed by atoms with E-state index in [1.165, 1.54) is 14.0 Å². The van der Waals surface area contributed by atoms with E-state index in [2.05, 4.69) is 5.32 Å². The third-order valence-corrected chi connectivity index (χ3v) is 7.80. The topological polar surface area (TPSA) is 212 Å². The molecule has 8 N–H and O–H groups in total. The number of benzene rings is 2. The van der Waals surface area contributed by atoms with E-state index in [4.69, 9.17) is 4.74 Å². The number of imide groups is 1. The number of likely N-dealkylation sites (N-methyl/N-ethyl adjacent to an activating group) is 1. The van der Waals surface area contributed by atoms with Gasteiger partial charge in [0.05, 0.1) is 30.0 Å². The molecule has 0 spiro atoms. The minimum absolute atomic E-state index is 0.0694. The van der Waals surface area contributed by atoms with E-state index in [1.807, 2.05) is 10.2 Å². The van der Waals surface area contributed by atoms with Crippen LogP contribution >= 0.6 is 0 Å². The molecule has 4 rings (SSSR count). The van der Waals surface area contributed by atoms with Gasteiger partial charge < -0.3 is 40.7 Å². The largest absolute Gasteiger partial charge is 0.504 e. The van der Waals surface area contributed by atoms with Gasteiger partial charge in [0.15, 0.2) is 35.0 Å². The first-order chi connectivity index (χ1) is 19.8. The van der Waals surface area contributed by atoms with Crippen LogP contribution in [-0.2, 0) is 34.0 Å². The van der Waals surface area contributed by atoms with Gasteiger partial charge in [-0.05, 0) is 19.5 Å². The Kier molecular flexibility index (Phi) is 8.77. The molecule has 0 bridgehead atoms. The number of nitrogens with zero attached hydrogens (tertiary/aromatic N) is 2. The lowest BCUT2D eigenvalue weighted by Gasteiger charge is -2.38. The third-order valence-electron chi connectivity index (χ3n) is 7.80. The summed E-state index contributed by atoms with van der Waals surface area (Å²) in [5.41, 5.74) is -3.45. The number of aliphatic hydroxyl groups is 1. The zero-order chi connectivity index (χ0) is 30.9. The summed E-state index contributed by atoms with van der Waals surface area (Å²) in [7, 11) is 1.29. The number of anilines is 1. The zero-order valence-corrected chi connectivity index (χ0v) is 23.0. The number of amides is 2. The first-order valence-electron chi connectivity index (χ1n) is 13.1. The lowest BCUT2D eigenvalue weighted by molar-refractivity contribution is -0.171. The molecule has 0 aliphatic carbocycles. The van der Waals surface area contributed by atoms with Crippen LogP contribution in [0.25, 0.3) is 0 Å². The maximum Gasteiger partial charge on any atom is 0.274 e. The average Bonchev–Trinajstić information content (AvgIpc) is 2.97. The summed E-state index contributed by atoms with van der Waals surface area (Å²) in [6.07, 6.45) is -0.309. The van der Waals surface area contributed by atoms with Gasteiger partial charge in [-0.25, -0.2) is 4.39 Å². The number of rotatable bonds is 9. The molecule has 2 aromatic rings. The van der Waals surface area contributed by atoms with Gasteiger partial charge >= 0.3 is 0 Å². The van der Waals surface area contributed by atoms with Gasteiger partial charge in [0.2, 0.25) is 11.7 Å². The molecule has 1 atom stereocenters. The molecule has 228 valence electrons. The SMILES string of the molecule is Cc1c(F)c(CNc2c(O)c(O)c(O)c(C=O)c2CN(C)C2(O)CCC(=O)NC2=O)c(O)c(O)c1CN1CCOCC1. The summed E-state index contributed by atoms with van der Waals surface area (Å²) in [5.74, 6) is -6.77. The average molecular weight is 593 g/mol. The molecule has 1 unspecified atom stereocenters. The maximum atomic E-state index is 15.6. The van der Waals surface area contributed by atoms with Crippen LogP contribution in [0.5, 0.6) is 28.7 Å². The van der Waals surface area contributed by atoms with Crippen molar-refractivity contribution in [3.63, 3.8) is 0 Å².